The van der Waals surface area contributed by atoms with Crippen LogP contribution in [0.5, 0.6) is 5.75 Å². The largest absolute Gasteiger partial charge is 0.493 e. The molecule has 0 heterocycles. The first-order valence-corrected chi connectivity index (χ1v) is 10.8. The van der Waals surface area contributed by atoms with E-state index in [4.69, 9.17) is 9.84 Å². The summed E-state index contributed by atoms with van der Waals surface area (Å²) in [6.07, 6.45) is 3.58. The average molecular weight is 446 g/mol. The molecule has 0 saturated carbocycles. The standard InChI is InChI=1S/C27H27NO5/c29-24(17-18-33-25-12-5-4-8-21(25)14-16-26(30)31)15-13-20-7-6-11-23(19-20)28-27(32)22-9-2-1-3-10-22/h1-13,15,19,24,29H,14,16-18H2,(H,28,32)(H,30,31)/b15-13+. The molecule has 0 aliphatic heterocycles. The molecule has 1 amide bonds. The molecular formula is C27H27NO5. The van der Waals surface area contributed by atoms with Gasteiger partial charge in [-0.3, -0.25) is 9.59 Å². The normalized spacial score (nSPS) is 11.8. The summed E-state index contributed by atoms with van der Waals surface area (Å²) in [4.78, 5) is 23.1. The fraction of sp³-hybridized carbons (Fsp3) is 0.185. The number of nitrogens with one attached hydrogen (secondary N) is 1. The van der Waals surface area contributed by atoms with Crippen LogP contribution in [0.1, 0.15) is 34.3 Å². The lowest BCUT2D eigenvalue weighted by molar-refractivity contribution is -0.136. The number of anilines is 1. The summed E-state index contributed by atoms with van der Waals surface area (Å²) in [5, 5.41) is 22.0. The van der Waals surface area contributed by atoms with Gasteiger partial charge < -0.3 is 20.3 Å². The van der Waals surface area contributed by atoms with E-state index < -0.39 is 12.1 Å². The van der Waals surface area contributed by atoms with Crippen LogP contribution in [-0.2, 0) is 11.2 Å². The van der Waals surface area contributed by atoms with Crippen molar-refractivity contribution in [2.45, 2.75) is 25.4 Å². The molecule has 170 valence electrons. The van der Waals surface area contributed by atoms with Crippen LogP contribution in [0.25, 0.3) is 6.08 Å². The molecule has 0 aromatic heterocycles. The number of carboxylic acids is 1. The Morgan fingerprint density at radius 2 is 1.73 bits per heavy atom. The Morgan fingerprint density at radius 3 is 2.52 bits per heavy atom. The van der Waals surface area contributed by atoms with Gasteiger partial charge in [0.1, 0.15) is 5.75 Å². The van der Waals surface area contributed by atoms with Crippen LogP contribution in [0.3, 0.4) is 0 Å². The first-order valence-electron chi connectivity index (χ1n) is 10.8. The highest BCUT2D eigenvalue weighted by atomic mass is 16.5. The van der Waals surface area contributed by atoms with Crippen LogP contribution < -0.4 is 10.1 Å². The summed E-state index contributed by atoms with van der Waals surface area (Å²) >= 11 is 0. The highest BCUT2D eigenvalue weighted by Crippen LogP contribution is 2.20. The van der Waals surface area contributed by atoms with Crippen molar-refractivity contribution >= 4 is 23.6 Å². The Kier molecular flexibility index (Phi) is 8.79. The lowest BCUT2D eigenvalue weighted by Gasteiger charge is -2.12. The molecule has 6 nitrogen and oxygen atoms in total. The maximum absolute atomic E-state index is 12.3. The molecular weight excluding hydrogens is 418 g/mol. The Hall–Kier alpha value is -3.90. The number of aryl methyl sites for hydroxylation is 1. The number of carbonyl (C=O) groups excluding carboxylic acids is 1. The Bertz CT molecular complexity index is 1090. The SMILES string of the molecule is O=C(O)CCc1ccccc1OCCC(O)/C=C/c1cccc(NC(=O)c2ccccc2)c1. The van der Waals surface area contributed by atoms with Crippen LogP contribution in [0.15, 0.2) is 84.9 Å². The van der Waals surface area contributed by atoms with Gasteiger partial charge in [0.15, 0.2) is 0 Å². The maximum Gasteiger partial charge on any atom is 0.303 e. The topological polar surface area (TPSA) is 95.9 Å². The molecule has 3 N–H and O–H groups in total. The second kappa shape index (κ2) is 12.2. The molecule has 6 heteroatoms. The van der Waals surface area contributed by atoms with E-state index in [-0.39, 0.29) is 12.3 Å². The van der Waals surface area contributed by atoms with E-state index >= 15 is 0 Å². The lowest BCUT2D eigenvalue weighted by atomic mass is 10.1. The molecule has 0 fully saturated rings. The van der Waals surface area contributed by atoms with Crippen molar-refractivity contribution in [3.63, 3.8) is 0 Å². The predicted molar refractivity (Wildman–Crippen MR) is 128 cm³/mol. The number of ether oxygens (including phenoxy) is 1. The summed E-state index contributed by atoms with van der Waals surface area (Å²) < 4.78 is 5.76. The molecule has 1 atom stereocenters. The van der Waals surface area contributed by atoms with Gasteiger partial charge in [0.05, 0.1) is 12.7 Å². The summed E-state index contributed by atoms with van der Waals surface area (Å²) in [5.41, 5.74) is 2.93. The fourth-order valence-electron chi connectivity index (χ4n) is 3.21. The van der Waals surface area contributed by atoms with Crippen LogP contribution in [0.2, 0.25) is 0 Å². The quantitative estimate of drug-likeness (QED) is 0.394. The van der Waals surface area contributed by atoms with Crippen LogP contribution in [0.4, 0.5) is 5.69 Å². The number of carboxylic acid groups (broad SMARTS) is 1. The van der Waals surface area contributed by atoms with Crippen LogP contribution in [-0.4, -0.2) is 34.8 Å². The zero-order chi connectivity index (χ0) is 23.5. The van der Waals surface area contributed by atoms with Gasteiger partial charge in [-0.2, -0.15) is 0 Å². The zero-order valence-electron chi connectivity index (χ0n) is 18.2. The van der Waals surface area contributed by atoms with Gasteiger partial charge in [-0.25, -0.2) is 0 Å². The van der Waals surface area contributed by atoms with E-state index in [0.29, 0.717) is 36.4 Å². The van der Waals surface area contributed by atoms with Crippen molar-refractivity contribution in [1.29, 1.82) is 0 Å². The number of aliphatic hydroxyl groups excluding tert-OH is 1. The van der Waals surface area contributed by atoms with Crippen molar-refractivity contribution in [2.75, 3.05) is 11.9 Å². The van der Waals surface area contributed by atoms with Gasteiger partial charge in [0, 0.05) is 24.1 Å². The summed E-state index contributed by atoms with van der Waals surface area (Å²) in [7, 11) is 0. The van der Waals surface area contributed by atoms with Gasteiger partial charge in [-0.05, 0) is 47.9 Å². The van der Waals surface area contributed by atoms with Crippen LogP contribution >= 0.6 is 0 Å². The summed E-state index contributed by atoms with van der Waals surface area (Å²) in [5.74, 6) is -0.400. The second-order valence-corrected chi connectivity index (χ2v) is 7.51. The minimum atomic E-state index is -0.853. The monoisotopic (exact) mass is 445 g/mol. The molecule has 0 bridgehead atoms. The first kappa shape index (κ1) is 23.8. The van der Waals surface area contributed by atoms with Crippen molar-refractivity contribution in [2.24, 2.45) is 0 Å². The van der Waals surface area contributed by atoms with E-state index in [2.05, 4.69) is 5.32 Å². The molecule has 3 rings (SSSR count). The van der Waals surface area contributed by atoms with Gasteiger partial charge >= 0.3 is 5.97 Å². The molecule has 3 aromatic carbocycles. The highest BCUT2D eigenvalue weighted by molar-refractivity contribution is 6.04. The number of aliphatic hydroxyl groups is 1. The van der Waals surface area contributed by atoms with E-state index in [9.17, 15) is 14.7 Å². The Balaban J connectivity index is 1.50. The number of aliphatic carboxylic acids is 1. The number of carbonyl (C=O) groups is 2. The third-order valence-electron chi connectivity index (χ3n) is 4.94. The first-order chi connectivity index (χ1) is 16.0. The molecule has 0 aliphatic rings. The van der Waals surface area contributed by atoms with Gasteiger partial charge in [-0.15, -0.1) is 0 Å². The molecule has 0 spiro atoms. The Morgan fingerprint density at radius 1 is 0.970 bits per heavy atom. The van der Waals surface area contributed by atoms with Crippen LogP contribution in [0, 0.1) is 0 Å². The molecule has 0 saturated heterocycles. The minimum absolute atomic E-state index is 0.0383. The molecule has 1 unspecified atom stereocenters. The van der Waals surface area contributed by atoms with Crippen molar-refractivity contribution in [1.82, 2.24) is 0 Å². The molecule has 0 radical (unpaired) electrons. The average Bonchev–Trinajstić information content (AvgIpc) is 2.83. The lowest BCUT2D eigenvalue weighted by Crippen LogP contribution is -2.11. The smallest absolute Gasteiger partial charge is 0.303 e. The molecule has 33 heavy (non-hydrogen) atoms. The zero-order valence-corrected chi connectivity index (χ0v) is 18.2. The number of benzene rings is 3. The summed E-state index contributed by atoms with van der Waals surface area (Å²) in [6, 6.07) is 23.7. The van der Waals surface area contributed by atoms with Gasteiger partial charge in [0.25, 0.3) is 5.91 Å². The van der Waals surface area contributed by atoms with E-state index in [1.165, 1.54) is 0 Å². The van der Waals surface area contributed by atoms with E-state index in [1.54, 1.807) is 30.4 Å². The van der Waals surface area contributed by atoms with Crippen molar-refractivity contribution in [3.05, 3.63) is 102 Å². The number of hydrogen-bond donors (Lipinski definition) is 3. The predicted octanol–water partition coefficient (Wildman–Crippen LogP) is 4.80. The second-order valence-electron chi connectivity index (χ2n) is 7.51. The van der Waals surface area contributed by atoms with Gasteiger partial charge in [0.2, 0.25) is 0 Å². The number of amides is 1. The maximum atomic E-state index is 12.3. The van der Waals surface area contributed by atoms with Gasteiger partial charge in [-0.1, -0.05) is 60.7 Å². The summed E-state index contributed by atoms with van der Waals surface area (Å²) in [6.45, 7) is 0.294. The third-order valence-corrected chi connectivity index (χ3v) is 4.94. The van der Waals surface area contributed by atoms with E-state index in [0.717, 1.165) is 11.1 Å². The van der Waals surface area contributed by atoms with Crippen molar-refractivity contribution in [3.8, 4) is 5.75 Å². The van der Waals surface area contributed by atoms with E-state index in [1.807, 2.05) is 60.7 Å². The highest BCUT2D eigenvalue weighted by Gasteiger charge is 2.08. The number of para-hydroxylation sites is 1. The van der Waals surface area contributed by atoms with Crippen molar-refractivity contribution < 1.29 is 24.5 Å². The molecule has 0 aliphatic carbocycles. The number of hydrogen-bond acceptors (Lipinski definition) is 4. The minimum Gasteiger partial charge on any atom is -0.493 e. The fourth-order valence-corrected chi connectivity index (χ4v) is 3.21. The third kappa shape index (κ3) is 7.94. The molecule has 3 aromatic rings. The number of rotatable bonds is 11. The Labute approximate surface area is 193 Å².